The number of hydrogen-bond donors (Lipinski definition) is 1. The van der Waals surface area contributed by atoms with E-state index < -0.39 is 0 Å². The van der Waals surface area contributed by atoms with Gasteiger partial charge in [-0.1, -0.05) is 18.2 Å². The molecule has 5 heteroatoms. The van der Waals surface area contributed by atoms with Crippen LogP contribution in [0.15, 0.2) is 48.7 Å². The van der Waals surface area contributed by atoms with Gasteiger partial charge in [0.2, 0.25) is 0 Å². The average molecular weight is 378 g/mol. The van der Waals surface area contributed by atoms with E-state index in [1.165, 1.54) is 16.5 Å². The summed E-state index contributed by atoms with van der Waals surface area (Å²) in [5.41, 5.74) is 3.21. The van der Waals surface area contributed by atoms with Gasteiger partial charge in [0.25, 0.3) is 5.91 Å². The number of amides is 1. The number of aromatic amines is 1. The first-order valence-corrected chi connectivity index (χ1v) is 9.76. The van der Waals surface area contributed by atoms with E-state index in [1.54, 1.807) is 26.4 Å². The fourth-order valence-electron chi connectivity index (χ4n) is 4.10. The Hall–Kier alpha value is -2.95. The smallest absolute Gasteiger partial charge is 0.253 e. The van der Waals surface area contributed by atoms with Crippen molar-refractivity contribution in [3.8, 4) is 11.5 Å². The number of H-pyrrole nitrogens is 1. The highest BCUT2D eigenvalue weighted by molar-refractivity contribution is 5.95. The molecule has 0 radical (unpaired) electrons. The summed E-state index contributed by atoms with van der Waals surface area (Å²) in [6.07, 6.45) is 5.24. The Morgan fingerprint density at radius 2 is 1.82 bits per heavy atom. The van der Waals surface area contributed by atoms with Crippen molar-refractivity contribution < 1.29 is 14.3 Å². The van der Waals surface area contributed by atoms with Gasteiger partial charge in [0.1, 0.15) is 0 Å². The van der Waals surface area contributed by atoms with Crippen LogP contribution in [0.3, 0.4) is 0 Å². The van der Waals surface area contributed by atoms with Gasteiger partial charge in [-0.3, -0.25) is 4.79 Å². The van der Waals surface area contributed by atoms with E-state index in [1.807, 2.05) is 11.0 Å². The molecule has 2 heterocycles. The van der Waals surface area contributed by atoms with Gasteiger partial charge in [0.05, 0.1) is 14.2 Å². The molecule has 28 heavy (non-hydrogen) atoms. The van der Waals surface area contributed by atoms with Crippen LogP contribution in [0.1, 0.15) is 28.8 Å². The molecular weight excluding hydrogens is 352 g/mol. The van der Waals surface area contributed by atoms with Crippen LogP contribution in [0.25, 0.3) is 10.9 Å². The van der Waals surface area contributed by atoms with Gasteiger partial charge in [-0.15, -0.1) is 0 Å². The SMILES string of the molecule is COc1ccc(C(=O)N2CCC(Cc3c[nH]c4ccccc34)CC2)cc1OC. The third-order valence-corrected chi connectivity index (χ3v) is 5.72. The van der Waals surface area contributed by atoms with Crippen LogP contribution in [0.2, 0.25) is 0 Å². The molecule has 5 nitrogen and oxygen atoms in total. The summed E-state index contributed by atoms with van der Waals surface area (Å²) in [5.74, 6) is 1.89. The number of ether oxygens (including phenoxy) is 2. The van der Waals surface area contributed by atoms with Gasteiger partial charge in [0.15, 0.2) is 11.5 Å². The minimum absolute atomic E-state index is 0.0616. The Morgan fingerprint density at radius 3 is 2.57 bits per heavy atom. The molecule has 1 saturated heterocycles. The Kier molecular flexibility index (Phi) is 5.24. The van der Waals surface area contributed by atoms with E-state index in [9.17, 15) is 4.79 Å². The lowest BCUT2D eigenvalue weighted by Gasteiger charge is -2.32. The quantitative estimate of drug-likeness (QED) is 0.721. The van der Waals surface area contributed by atoms with Gasteiger partial charge in [-0.05, 0) is 55.0 Å². The molecular formula is C23H26N2O3. The molecule has 0 aliphatic carbocycles. The number of likely N-dealkylation sites (tertiary alicyclic amines) is 1. The highest BCUT2D eigenvalue weighted by atomic mass is 16.5. The number of carbonyl (C=O) groups is 1. The van der Waals surface area contributed by atoms with Gasteiger partial charge < -0.3 is 19.4 Å². The maximum absolute atomic E-state index is 12.9. The van der Waals surface area contributed by atoms with E-state index in [2.05, 4.69) is 35.4 Å². The number of fused-ring (bicyclic) bond motifs is 1. The first kappa shape index (κ1) is 18.4. The molecule has 1 N–H and O–H groups in total. The molecule has 3 aromatic rings. The second-order valence-electron chi connectivity index (χ2n) is 7.37. The molecule has 146 valence electrons. The molecule has 4 rings (SSSR count). The molecule has 0 bridgehead atoms. The third kappa shape index (κ3) is 3.57. The summed E-state index contributed by atoms with van der Waals surface area (Å²) in [5, 5.41) is 1.31. The van der Waals surface area contributed by atoms with E-state index >= 15 is 0 Å². The second kappa shape index (κ2) is 7.97. The second-order valence-corrected chi connectivity index (χ2v) is 7.37. The van der Waals surface area contributed by atoms with Crippen molar-refractivity contribution in [1.29, 1.82) is 0 Å². The van der Waals surface area contributed by atoms with Crippen molar-refractivity contribution in [3.05, 3.63) is 59.8 Å². The summed E-state index contributed by atoms with van der Waals surface area (Å²) in [6, 6.07) is 13.8. The maximum atomic E-state index is 12.9. The van der Waals surface area contributed by atoms with E-state index in [0.717, 1.165) is 32.4 Å². The highest BCUT2D eigenvalue weighted by Crippen LogP contribution is 2.30. The zero-order chi connectivity index (χ0) is 19.5. The molecule has 0 atom stereocenters. The first-order chi connectivity index (χ1) is 13.7. The van der Waals surface area contributed by atoms with Gasteiger partial charge in [-0.2, -0.15) is 0 Å². The number of benzene rings is 2. The zero-order valence-corrected chi connectivity index (χ0v) is 16.4. The van der Waals surface area contributed by atoms with E-state index in [0.29, 0.717) is 23.0 Å². The van der Waals surface area contributed by atoms with Crippen molar-refractivity contribution in [2.75, 3.05) is 27.3 Å². The largest absolute Gasteiger partial charge is 0.493 e. The minimum Gasteiger partial charge on any atom is -0.493 e. The maximum Gasteiger partial charge on any atom is 0.253 e. The monoisotopic (exact) mass is 378 g/mol. The van der Waals surface area contributed by atoms with Crippen LogP contribution in [0, 0.1) is 5.92 Å². The predicted octanol–water partition coefficient (Wildman–Crippen LogP) is 4.28. The van der Waals surface area contributed by atoms with Crippen LogP contribution in [0.4, 0.5) is 0 Å². The molecule has 0 saturated carbocycles. The molecule has 0 spiro atoms. The van der Waals surface area contributed by atoms with Gasteiger partial charge in [0, 0.05) is 35.8 Å². The summed E-state index contributed by atoms with van der Waals surface area (Å²) in [6.45, 7) is 1.58. The van der Waals surface area contributed by atoms with Crippen LogP contribution in [-0.2, 0) is 6.42 Å². The number of nitrogens with one attached hydrogen (secondary N) is 1. The lowest BCUT2D eigenvalue weighted by Crippen LogP contribution is -2.38. The molecule has 2 aromatic carbocycles. The average Bonchev–Trinajstić information content (AvgIpc) is 3.16. The summed E-state index contributed by atoms with van der Waals surface area (Å²) in [7, 11) is 3.18. The van der Waals surface area contributed by atoms with Crippen molar-refractivity contribution in [1.82, 2.24) is 9.88 Å². The number of rotatable bonds is 5. The minimum atomic E-state index is 0.0616. The Balaban J connectivity index is 1.39. The third-order valence-electron chi connectivity index (χ3n) is 5.72. The van der Waals surface area contributed by atoms with Crippen molar-refractivity contribution in [2.24, 2.45) is 5.92 Å². The number of methoxy groups -OCH3 is 2. The predicted molar refractivity (Wildman–Crippen MR) is 110 cm³/mol. The Bertz CT molecular complexity index is 971. The standard InChI is InChI=1S/C23H26N2O3/c1-27-21-8-7-17(14-22(21)28-2)23(26)25-11-9-16(10-12-25)13-18-15-24-20-6-4-3-5-19(18)20/h3-8,14-16,24H,9-13H2,1-2H3. The number of hydrogen-bond acceptors (Lipinski definition) is 3. The topological polar surface area (TPSA) is 54.6 Å². The molecule has 1 amide bonds. The van der Waals surface area contributed by atoms with Crippen LogP contribution in [-0.4, -0.2) is 43.1 Å². The lowest BCUT2D eigenvalue weighted by atomic mass is 9.90. The fraction of sp³-hybridized carbons (Fsp3) is 0.348. The van der Waals surface area contributed by atoms with Gasteiger partial charge >= 0.3 is 0 Å². The summed E-state index contributed by atoms with van der Waals surface area (Å²) >= 11 is 0. The molecule has 1 fully saturated rings. The summed E-state index contributed by atoms with van der Waals surface area (Å²) < 4.78 is 10.6. The number of carbonyl (C=O) groups excluding carboxylic acids is 1. The Labute approximate surface area is 165 Å². The van der Waals surface area contributed by atoms with Gasteiger partial charge in [-0.25, -0.2) is 0 Å². The molecule has 1 aliphatic rings. The Morgan fingerprint density at radius 1 is 1.07 bits per heavy atom. The number of para-hydroxylation sites is 1. The molecule has 1 aliphatic heterocycles. The normalized spacial score (nSPS) is 15.0. The number of aromatic nitrogens is 1. The van der Waals surface area contributed by atoms with E-state index in [-0.39, 0.29) is 5.91 Å². The number of piperidine rings is 1. The van der Waals surface area contributed by atoms with Crippen molar-refractivity contribution in [3.63, 3.8) is 0 Å². The van der Waals surface area contributed by atoms with Crippen LogP contribution in [0.5, 0.6) is 11.5 Å². The van der Waals surface area contributed by atoms with E-state index in [4.69, 9.17) is 9.47 Å². The van der Waals surface area contributed by atoms with Crippen LogP contribution >= 0.6 is 0 Å². The lowest BCUT2D eigenvalue weighted by molar-refractivity contribution is 0.0690. The number of nitrogens with zero attached hydrogens (tertiary/aromatic N) is 1. The molecule has 1 aromatic heterocycles. The highest BCUT2D eigenvalue weighted by Gasteiger charge is 2.25. The zero-order valence-electron chi connectivity index (χ0n) is 16.4. The van der Waals surface area contributed by atoms with Crippen molar-refractivity contribution >= 4 is 16.8 Å². The first-order valence-electron chi connectivity index (χ1n) is 9.76. The molecule has 0 unspecified atom stereocenters. The van der Waals surface area contributed by atoms with Crippen LogP contribution < -0.4 is 9.47 Å². The fourth-order valence-corrected chi connectivity index (χ4v) is 4.10. The van der Waals surface area contributed by atoms with Crippen molar-refractivity contribution in [2.45, 2.75) is 19.3 Å². The summed E-state index contributed by atoms with van der Waals surface area (Å²) in [4.78, 5) is 18.2.